The Morgan fingerprint density at radius 3 is 2.74 bits per heavy atom. The number of carbonyl (C=O) groups is 1. The summed E-state index contributed by atoms with van der Waals surface area (Å²) in [5, 5.41) is 5.42. The van der Waals surface area contributed by atoms with E-state index in [9.17, 15) is 4.79 Å². The molecule has 1 aromatic heterocycles. The molecule has 2 amide bonds. The molecule has 1 aliphatic rings. The van der Waals surface area contributed by atoms with Crippen LogP contribution in [-0.4, -0.2) is 40.1 Å². The molecule has 138 valence electrons. The van der Waals surface area contributed by atoms with Crippen LogP contribution in [0.3, 0.4) is 0 Å². The van der Waals surface area contributed by atoms with Crippen molar-refractivity contribution in [1.82, 2.24) is 20.2 Å². The molecule has 0 saturated carbocycles. The zero-order valence-corrected chi connectivity index (χ0v) is 15.0. The molecule has 27 heavy (non-hydrogen) atoms. The number of hydrogen-bond acceptors (Lipinski definition) is 4. The molecule has 1 aliphatic heterocycles. The third-order valence-corrected chi connectivity index (χ3v) is 4.88. The van der Waals surface area contributed by atoms with E-state index in [2.05, 4.69) is 39.6 Å². The molecule has 2 aromatic carbocycles. The number of nitrogens with one attached hydrogen (secondary N) is 1. The van der Waals surface area contributed by atoms with Gasteiger partial charge in [0.15, 0.2) is 0 Å². The number of piperidine rings is 1. The first-order valence-electron chi connectivity index (χ1n) is 9.22. The van der Waals surface area contributed by atoms with Gasteiger partial charge in [-0.15, -0.1) is 0 Å². The fourth-order valence-corrected chi connectivity index (χ4v) is 3.43. The number of likely N-dealkylation sites (tertiary alicyclic amines) is 1. The van der Waals surface area contributed by atoms with Gasteiger partial charge < -0.3 is 15.0 Å². The van der Waals surface area contributed by atoms with Gasteiger partial charge in [0.05, 0.1) is 0 Å². The van der Waals surface area contributed by atoms with E-state index in [1.54, 1.807) is 12.3 Å². The Kier molecular flexibility index (Phi) is 5.14. The highest BCUT2D eigenvalue weighted by molar-refractivity contribution is 5.86. The molecule has 0 unspecified atom stereocenters. The van der Waals surface area contributed by atoms with Gasteiger partial charge in [-0.3, -0.25) is 0 Å². The van der Waals surface area contributed by atoms with Gasteiger partial charge in [0, 0.05) is 44.7 Å². The van der Waals surface area contributed by atoms with Crippen molar-refractivity contribution < 1.29 is 9.53 Å². The number of benzene rings is 2. The van der Waals surface area contributed by atoms with Crippen molar-refractivity contribution >= 4 is 16.8 Å². The molecule has 6 heteroatoms. The van der Waals surface area contributed by atoms with Crippen LogP contribution in [0.1, 0.15) is 18.4 Å². The quantitative estimate of drug-likeness (QED) is 0.773. The Labute approximate surface area is 158 Å². The first-order chi connectivity index (χ1) is 13.3. The Balaban J connectivity index is 1.29. The summed E-state index contributed by atoms with van der Waals surface area (Å²) in [6.45, 7) is 1.88. The van der Waals surface area contributed by atoms with Gasteiger partial charge in [-0.1, -0.05) is 42.5 Å². The molecule has 4 rings (SSSR count). The minimum Gasteiger partial charge on any atom is -0.474 e. The van der Waals surface area contributed by atoms with E-state index in [-0.39, 0.29) is 12.1 Å². The van der Waals surface area contributed by atoms with Crippen molar-refractivity contribution in [3.05, 3.63) is 66.6 Å². The zero-order chi connectivity index (χ0) is 18.5. The summed E-state index contributed by atoms with van der Waals surface area (Å²) in [7, 11) is 0. The molecule has 0 atom stereocenters. The fraction of sp³-hybridized carbons (Fsp3) is 0.286. The topological polar surface area (TPSA) is 67.4 Å². The highest BCUT2D eigenvalue weighted by Crippen LogP contribution is 2.19. The van der Waals surface area contributed by atoms with E-state index in [0.717, 1.165) is 18.4 Å². The molecule has 2 heterocycles. The van der Waals surface area contributed by atoms with Gasteiger partial charge in [-0.2, -0.15) is 0 Å². The predicted molar refractivity (Wildman–Crippen MR) is 103 cm³/mol. The summed E-state index contributed by atoms with van der Waals surface area (Å²) >= 11 is 0. The number of hydrogen-bond donors (Lipinski definition) is 1. The number of nitrogens with zero attached hydrogens (tertiary/aromatic N) is 3. The second kappa shape index (κ2) is 8.03. The SMILES string of the molecule is O=C(NCc1cccc2ccccc12)N1CCC(Oc2ccncn2)CC1. The zero-order valence-electron chi connectivity index (χ0n) is 15.0. The Morgan fingerprint density at radius 2 is 1.93 bits per heavy atom. The number of ether oxygens (including phenoxy) is 1. The van der Waals surface area contributed by atoms with Crippen LogP contribution in [0, 0.1) is 0 Å². The number of carbonyl (C=O) groups excluding carboxylic acids is 1. The van der Waals surface area contributed by atoms with E-state index in [0.29, 0.717) is 25.5 Å². The minimum atomic E-state index is -0.0246. The predicted octanol–water partition coefficient (Wildman–Crippen LogP) is 3.38. The van der Waals surface area contributed by atoms with Gasteiger partial charge in [0.2, 0.25) is 5.88 Å². The van der Waals surface area contributed by atoms with Gasteiger partial charge in [0.25, 0.3) is 0 Å². The van der Waals surface area contributed by atoms with Gasteiger partial charge in [0.1, 0.15) is 12.4 Å². The first kappa shape index (κ1) is 17.3. The maximum absolute atomic E-state index is 12.5. The molecule has 1 fully saturated rings. The van der Waals surface area contributed by atoms with Gasteiger partial charge in [-0.05, 0) is 16.3 Å². The number of urea groups is 1. The average Bonchev–Trinajstić information content (AvgIpc) is 2.73. The van der Waals surface area contributed by atoms with Crippen LogP contribution in [0.4, 0.5) is 4.79 Å². The van der Waals surface area contributed by atoms with Crippen molar-refractivity contribution in [3.63, 3.8) is 0 Å². The van der Waals surface area contributed by atoms with Crippen LogP contribution in [0.5, 0.6) is 5.88 Å². The third kappa shape index (κ3) is 4.16. The fourth-order valence-electron chi connectivity index (χ4n) is 3.43. The molecule has 1 saturated heterocycles. The van der Waals surface area contributed by atoms with Crippen LogP contribution in [0.15, 0.2) is 61.1 Å². The molecule has 0 radical (unpaired) electrons. The summed E-state index contributed by atoms with van der Waals surface area (Å²) in [5.41, 5.74) is 1.13. The lowest BCUT2D eigenvalue weighted by molar-refractivity contribution is 0.107. The van der Waals surface area contributed by atoms with E-state index in [1.165, 1.54) is 17.1 Å². The first-order valence-corrected chi connectivity index (χ1v) is 9.22. The molecule has 0 bridgehead atoms. The van der Waals surface area contributed by atoms with E-state index in [4.69, 9.17) is 4.74 Å². The molecule has 0 aliphatic carbocycles. The standard InChI is InChI=1S/C21H22N4O2/c26-21(23-14-17-6-3-5-16-4-1-2-7-19(16)17)25-12-9-18(10-13-25)27-20-8-11-22-15-24-20/h1-8,11,15,18H,9-10,12-14H2,(H,23,26). The van der Waals surface area contributed by atoms with Crippen LogP contribution >= 0.6 is 0 Å². The number of amides is 2. The largest absolute Gasteiger partial charge is 0.474 e. The molecule has 6 nitrogen and oxygen atoms in total. The van der Waals surface area contributed by atoms with Crippen LogP contribution in [0.2, 0.25) is 0 Å². The molecule has 0 spiro atoms. The maximum Gasteiger partial charge on any atom is 0.317 e. The maximum atomic E-state index is 12.5. The lowest BCUT2D eigenvalue weighted by Gasteiger charge is -2.32. The number of aromatic nitrogens is 2. The van der Waals surface area contributed by atoms with Gasteiger partial charge in [-0.25, -0.2) is 14.8 Å². The molecular formula is C21H22N4O2. The normalized spacial score (nSPS) is 14.9. The van der Waals surface area contributed by atoms with E-state index < -0.39 is 0 Å². The third-order valence-electron chi connectivity index (χ3n) is 4.88. The second-order valence-corrected chi connectivity index (χ2v) is 6.65. The van der Waals surface area contributed by atoms with Crippen molar-refractivity contribution in [2.24, 2.45) is 0 Å². The van der Waals surface area contributed by atoms with Crippen LogP contribution < -0.4 is 10.1 Å². The van der Waals surface area contributed by atoms with Crippen molar-refractivity contribution in [1.29, 1.82) is 0 Å². The van der Waals surface area contributed by atoms with Crippen molar-refractivity contribution in [3.8, 4) is 5.88 Å². The van der Waals surface area contributed by atoms with E-state index >= 15 is 0 Å². The summed E-state index contributed by atoms with van der Waals surface area (Å²) < 4.78 is 5.85. The molecule has 1 N–H and O–H groups in total. The Hall–Kier alpha value is -3.15. The lowest BCUT2D eigenvalue weighted by atomic mass is 10.0. The Morgan fingerprint density at radius 1 is 1.11 bits per heavy atom. The van der Waals surface area contributed by atoms with Crippen LogP contribution in [0.25, 0.3) is 10.8 Å². The molecule has 3 aromatic rings. The lowest BCUT2D eigenvalue weighted by Crippen LogP contribution is -2.46. The highest BCUT2D eigenvalue weighted by Gasteiger charge is 2.24. The Bertz CT molecular complexity index is 903. The number of rotatable bonds is 4. The van der Waals surface area contributed by atoms with Crippen LogP contribution in [-0.2, 0) is 6.54 Å². The number of fused-ring (bicyclic) bond motifs is 1. The average molecular weight is 362 g/mol. The van der Waals surface area contributed by atoms with Crippen molar-refractivity contribution in [2.75, 3.05) is 13.1 Å². The molecular weight excluding hydrogens is 340 g/mol. The summed E-state index contributed by atoms with van der Waals surface area (Å²) in [6, 6.07) is 16.1. The smallest absolute Gasteiger partial charge is 0.317 e. The summed E-state index contributed by atoms with van der Waals surface area (Å²) in [6.07, 6.45) is 4.82. The van der Waals surface area contributed by atoms with E-state index in [1.807, 2.05) is 23.1 Å². The monoisotopic (exact) mass is 362 g/mol. The second-order valence-electron chi connectivity index (χ2n) is 6.65. The highest BCUT2D eigenvalue weighted by atomic mass is 16.5. The minimum absolute atomic E-state index is 0.0246. The van der Waals surface area contributed by atoms with Crippen molar-refractivity contribution in [2.45, 2.75) is 25.5 Å². The summed E-state index contributed by atoms with van der Waals surface area (Å²) in [4.78, 5) is 22.4. The van der Waals surface area contributed by atoms with Gasteiger partial charge >= 0.3 is 6.03 Å². The summed E-state index contributed by atoms with van der Waals surface area (Å²) in [5.74, 6) is 0.587.